The summed E-state index contributed by atoms with van der Waals surface area (Å²) in [6.07, 6.45) is 1.52. The van der Waals surface area contributed by atoms with Gasteiger partial charge in [-0.1, -0.05) is 6.07 Å². The molecule has 0 amide bonds. The van der Waals surface area contributed by atoms with Crippen molar-refractivity contribution in [2.45, 2.75) is 19.4 Å². The minimum Gasteiger partial charge on any atom is -0.322 e. The summed E-state index contributed by atoms with van der Waals surface area (Å²) < 4.78 is 0. The first kappa shape index (κ1) is 8.80. The summed E-state index contributed by atoms with van der Waals surface area (Å²) in [6.45, 7) is 3.61. The first-order chi connectivity index (χ1) is 5.55. The number of nitrogens with two attached hydrogens (primary N) is 1. The summed E-state index contributed by atoms with van der Waals surface area (Å²) in [7, 11) is 0. The molecule has 4 nitrogen and oxygen atoms in total. The van der Waals surface area contributed by atoms with Crippen LogP contribution in [0.5, 0.6) is 0 Å². The summed E-state index contributed by atoms with van der Waals surface area (Å²) in [5, 5.41) is 2.80. The average Bonchev–Trinajstić information content (AvgIpc) is 2.03. The molecule has 0 saturated heterocycles. The van der Waals surface area contributed by atoms with Crippen LogP contribution in [0.3, 0.4) is 0 Å². The zero-order valence-electron chi connectivity index (χ0n) is 7.11. The van der Waals surface area contributed by atoms with E-state index in [0.29, 0.717) is 5.56 Å². The Balaban J connectivity index is 3.23. The van der Waals surface area contributed by atoms with Crippen molar-refractivity contribution in [1.29, 1.82) is 0 Å². The lowest BCUT2D eigenvalue weighted by Gasteiger charge is -2.18. The first-order valence-electron chi connectivity index (χ1n) is 3.63. The van der Waals surface area contributed by atoms with Crippen LogP contribution in [0, 0.1) is 4.91 Å². The fraction of sp³-hybridized carbons (Fsp3) is 0.375. The van der Waals surface area contributed by atoms with Crippen LogP contribution < -0.4 is 5.73 Å². The zero-order chi connectivity index (χ0) is 9.19. The number of nitroso groups, excluding NO2 is 1. The van der Waals surface area contributed by atoms with Crippen LogP contribution >= 0.6 is 0 Å². The molecular formula is C8H11N3O. The SMILES string of the molecule is CC(C)(N)c1cccnc1N=O. The molecule has 1 heterocycles. The maximum Gasteiger partial charge on any atom is 0.201 e. The predicted molar refractivity (Wildman–Crippen MR) is 46.9 cm³/mol. The normalized spacial score (nSPS) is 11.2. The molecule has 2 N–H and O–H groups in total. The molecule has 1 rings (SSSR count). The van der Waals surface area contributed by atoms with Gasteiger partial charge in [0.2, 0.25) is 5.82 Å². The molecule has 0 aliphatic rings. The van der Waals surface area contributed by atoms with Crippen molar-refractivity contribution in [2.24, 2.45) is 10.9 Å². The largest absolute Gasteiger partial charge is 0.322 e. The van der Waals surface area contributed by atoms with Gasteiger partial charge in [0, 0.05) is 17.3 Å². The Morgan fingerprint density at radius 1 is 1.58 bits per heavy atom. The summed E-state index contributed by atoms with van der Waals surface area (Å²) in [5.41, 5.74) is 5.89. The highest BCUT2D eigenvalue weighted by Crippen LogP contribution is 2.24. The molecule has 64 valence electrons. The van der Waals surface area contributed by atoms with Crippen molar-refractivity contribution < 1.29 is 0 Å². The Morgan fingerprint density at radius 2 is 2.25 bits per heavy atom. The van der Waals surface area contributed by atoms with Gasteiger partial charge < -0.3 is 5.73 Å². The van der Waals surface area contributed by atoms with Crippen molar-refractivity contribution in [3.63, 3.8) is 0 Å². The average molecular weight is 165 g/mol. The Morgan fingerprint density at radius 3 is 2.67 bits per heavy atom. The molecule has 0 bridgehead atoms. The van der Waals surface area contributed by atoms with Gasteiger partial charge in [-0.25, -0.2) is 4.98 Å². The molecule has 0 aliphatic carbocycles. The molecule has 12 heavy (non-hydrogen) atoms. The van der Waals surface area contributed by atoms with E-state index >= 15 is 0 Å². The van der Waals surface area contributed by atoms with Gasteiger partial charge in [0.05, 0.1) is 0 Å². The number of pyridine rings is 1. The molecule has 0 aliphatic heterocycles. The Bertz CT molecular complexity index is 291. The Kier molecular flexibility index (Phi) is 2.19. The summed E-state index contributed by atoms with van der Waals surface area (Å²) in [4.78, 5) is 14.1. The third-order valence-corrected chi connectivity index (χ3v) is 1.57. The van der Waals surface area contributed by atoms with Crippen molar-refractivity contribution in [3.05, 3.63) is 28.8 Å². The van der Waals surface area contributed by atoms with Gasteiger partial charge in [-0.05, 0) is 25.1 Å². The second-order valence-corrected chi connectivity index (χ2v) is 3.19. The molecule has 4 heteroatoms. The maximum absolute atomic E-state index is 10.3. The molecule has 0 aromatic carbocycles. The predicted octanol–water partition coefficient (Wildman–Crippen LogP) is 1.67. The topological polar surface area (TPSA) is 68.3 Å². The molecular weight excluding hydrogens is 154 g/mol. The highest BCUT2D eigenvalue weighted by atomic mass is 16.3. The quantitative estimate of drug-likeness (QED) is 0.678. The second kappa shape index (κ2) is 2.98. The van der Waals surface area contributed by atoms with Gasteiger partial charge in [0.1, 0.15) is 0 Å². The van der Waals surface area contributed by atoms with Gasteiger partial charge in [-0.15, -0.1) is 4.91 Å². The van der Waals surface area contributed by atoms with Gasteiger partial charge in [-0.2, -0.15) is 0 Å². The number of aromatic nitrogens is 1. The zero-order valence-corrected chi connectivity index (χ0v) is 7.11. The number of nitrogens with zero attached hydrogens (tertiary/aromatic N) is 2. The summed E-state index contributed by atoms with van der Waals surface area (Å²) >= 11 is 0. The lowest BCUT2D eigenvalue weighted by atomic mass is 9.96. The van der Waals surface area contributed by atoms with E-state index in [4.69, 9.17) is 5.73 Å². The maximum atomic E-state index is 10.3. The molecule has 0 spiro atoms. The van der Waals surface area contributed by atoms with Gasteiger partial charge in [0.25, 0.3) is 0 Å². The minimum absolute atomic E-state index is 0.171. The molecule has 1 aromatic rings. The van der Waals surface area contributed by atoms with Crippen LogP contribution in [0.15, 0.2) is 23.5 Å². The highest BCUT2D eigenvalue weighted by Gasteiger charge is 2.19. The van der Waals surface area contributed by atoms with Crippen molar-refractivity contribution in [2.75, 3.05) is 0 Å². The van der Waals surface area contributed by atoms with E-state index in [0.717, 1.165) is 0 Å². The third-order valence-electron chi connectivity index (χ3n) is 1.57. The molecule has 0 atom stereocenters. The molecule has 0 unspecified atom stereocenters. The summed E-state index contributed by atoms with van der Waals surface area (Å²) in [5.74, 6) is 0.171. The monoisotopic (exact) mass is 165 g/mol. The van der Waals surface area contributed by atoms with E-state index in [1.807, 2.05) is 0 Å². The standard InChI is InChI=1S/C8H11N3O/c1-8(2,9)6-4-3-5-10-7(6)11-12/h3-5H,9H2,1-2H3. The van der Waals surface area contributed by atoms with E-state index in [9.17, 15) is 4.91 Å². The first-order valence-corrected chi connectivity index (χ1v) is 3.63. The van der Waals surface area contributed by atoms with E-state index in [-0.39, 0.29) is 5.82 Å². The molecule has 0 radical (unpaired) electrons. The molecule has 1 aromatic heterocycles. The van der Waals surface area contributed by atoms with E-state index in [1.54, 1.807) is 26.0 Å². The van der Waals surface area contributed by atoms with E-state index in [1.165, 1.54) is 6.20 Å². The Labute approximate surface area is 70.8 Å². The molecule has 0 saturated carbocycles. The Hall–Kier alpha value is -1.29. The number of hydrogen-bond donors (Lipinski definition) is 1. The molecule has 0 fully saturated rings. The van der Waals surface area contributed by atoms with Crippen molar-refractivity contribution in [3.8, 4) is 0 Å². The van der Waals surface area contributed by atoms with Gasteiger partial charge in [0.15, 0.2) is 0 Å². The van der Waals surface area contributed by atoms with Crippen LogP contribution in [0.4, 0.5) is 5.82 Å². The van der Waals surface area contributed by atoms with Gasteiger partial charge in [-0.3, -0.25) is 0 Å². The van der Waals surface area contributed by atoms with Crippen LogP contribution in [0.25, 0.3) is 0 Å². The second-order valence-electron chi connectivity index (χ2n) is 3.19. The van der Waals surface area contributed by atoms with Gasteiger partial charge >= 0.3 is 0 Å². The lowest BCUT2D eigenvalue weighted by molar-refractivity contribution is 0.553. The van der Waals surface area contributed by atoms with Crippen LogP contribution in [-0.4, -0.2) is 4.98 Å². The van der Waals surface area contributed by atoms with Crippen LogP contribution in [-0.2, 0) is 5.54 Å². The summed E-state index contributed by atoms with van der Waals surface area (Å²) in [6, 6.07) is 3.49. The fourth-order valence-corrected chi connectivity index (χ4v) is 0.973. The lowest BCUT2D eigenvalue weighted by Crippen LogP contribution is -2.28. The third kappa shape index (κ3) is 1.65. The minimum atomic E-state index is -0.572. The number of rotatable bonds is 2. The van der Waals surface area contributed by atoms with E-state index < -0.39 is 5.54 Å². The smallest absolute Gasteiger partial charge is 0.201 e. The van der Waals surface area contributed by atoms with Crippen LogP contribution in [0.1, 0.15) is 19.4 Å². The number of hydrogen-bond acceptors (Lipinski definition) is 4. The van der Waals surface area contributed by atoms with Crippen molar-refractivity contribution >= 4 is 5.82 Å². The van der Waals surface area contributed by atoms with Crippen molar-refractivity contribution in [1.82, 2.24) is 4.98 Å². The highest BCUT2D eigenvalue weighted by molar-refractivity contribution is 5.41. The fourth-order valence-electron chi connectivity index (χ4n) is 0.973. The van der Waals surface area contributed by atoms with E-state index in [2.05, 4.69) is 10.2 Å². The van der Waals surface area contributed by atoms with Crippen LogP contribution in [0.2, 0.25) is 0 Å².